The molecule has 1 N–H and O–H groups in total. The summed E-state index contributed by atoms with van der Waals surface area (Å²) < 4.78 is 11.4. The highest BCUT2D eigenvalue weighted by atomic mass is 16.7. The van der Waals surface area contributed by atoms with Gasteiger partial charge in [0.05, 0.1) is 12.7 Å². The van der Waals surface area contributed by atoms with Crippen molar-refractivity contribution in [3.63, 3.8) is 0 Å². The highest BCUT2D eigenvalue weighted by Gasteiger charge is 2.32. The summed E-state index contributed by atoms with van der Waals surface area (Å²) in [6, 6.07) is 9.30. The molecule has 118 valence electrons. The van der Waals surface area contributed by atoms with Gasteiger partial charge < -0.3 is 14.8 Å². The Bertz CT molecular complexity index is 427. The molecule has 2 unspecified atom stereocenters. The van der Waals surface area contributed by atoms with Crippen LogP contribution in [-0.2, 0) is 15.9 Å². The predicted octanol–water partition coefficient (Wildman–Crippen LogP) is 3.83. The molecule has 0 saturated carbocycles. The molecule has 0 aromatic heterocycles. The smallest absolute Gasteiger partial charge is 0.163 e. The molecule has 1 saturated heterocycles. The van der Waals surface area contributed by atoms with Crippen molar-refractivity contribution in [2.24, 2.45) is 0 Å². The molecule has 0 spiro atoms. The van der Waals surface area contributed by atoms with E-state index in [1.54, 1.807) is 0 Å². The van der Waals surface area contributed by atoms with Crippen LogP contribution in [0, 0.1) is 0 Å². The van der Waals surface area contributed by atoms with Gasteiger partial charge in [-0.25, -0.2) is 0 Å². The van der Waals surface area contributed by atoms with Crippen LogP contribution in [0.4, 0.5) is 0 Å². The molecule has 1 fully saturated rings. The fourth-order valence-corrected chi connectivity index (χ4v) is 2.64. The Morgan fingerprint density at radius 3 is 2.57 bits per heavy atom. The molecule has 0 amide bonds. The highest BCUT2D eigenvalue weighted by molar-refractivity contribution is 5.24. The van der Waals surface area contributed by atoms with Crippen molar-refractivity contribution in [3.05, 3.63) is 35.4 Å². The number of hydrogen-bond donors (Lipinski definition) is 1. The van der Waals surface area contributed by atoms with E-state index >= 15 is 0 Å². The summed E-state index contributed by atoms with van der Waals surface area (Å²) in [6.07, 6.45) is 3.84. The third-order valence-corrected chi connectivity index (χ3v) is 4.02. The lowest BCUT2D eigenvalue weighted by Gasteiger charge is -2.19. The van der Waals surface area contributed by atoms with E-state index in [0.29, 0.717) is 12.6 Å². The summed E-state index contributed by atoms with van der Waals surface area (Å²) in [7, 11) is 0. The van der Waals surface area contributed by atoms with Crippen molar-refractivity contribution < 1.29 is 9.47 Å². The number of unbranched alkanes of at least 4 members (excludes halogenated alkanes) is 1. The molecule has 0 radical (unpaired) electrons. The molecule has 3 heteroatoms. The van der Waals surface area contributed by atoms with Crippen LogP contribution in [0.15, 0.2) is 24.3 Å². The first kappa shape index (κ1) is 16.5. The zero-order valence-corrected chi connectivity index (χ0v) is 13.8. The monoisotopic (exact) mass is 291 g/mol. The van der Waals surface area contributed by atoms with Crippen LogP contribution in [0.5, 0.6) is 0 Å². The Labute approximate surface area is 129 Å². The fraction of sp³-hybridized carbons (Fsp3) is 0.667. The van der Waals surface area contributed by atoms with Crippen LogP contribution in [0.2, 0.25) is 0 Å². The van der Waals surface area contributed by atoms with Gasteiger partial charge in [0.25, 0.3) is 0 Å². The molecular weight excluding hydrogens is 262 g/mol. The number of ether oxygens (including phenoxy) is 2. The van der Waals surface area contributed by atoms with Gasteiger partial charge in [-0.15, -0.1) is 0 Å². The molecule has 21 heavy (non-hydrogen) atoms. The summed E-state index contributed by atoms with van der Waals surface area (Å²) >= 11 is 0. The Morgan fingerprint density at radius 1 is 1.29 bits per heavy atom. The minimum absolute atomic E-state index is 0.145. The van der Waals surface area contributed by atoms with Gasteiger partial charge in [0.1, 0.15) is 0 Å². The zero-order chi connectivity index (χ0) is 15.3. The number of aryl methyl sites for hydroxylation is 1. The van der Waals surface area contributed by atoms with Crippen LogP contribution >= 0.6 is 0 Å². The quantitative estimate of drug-likeness (QED) is 0.828. The number of benzene rings is 1. The minimum Gasteiger partial charge on any atom is -0.348 e. The lowest BCUT2D eigenvalue weighted by atomic mass is 10.0. The molecule has 1 aliphatic rings. The van der Waals surface area contributed by atoms with Crippen LogP contribution in [-0.4, -0.2) is 25.0 Å². The molecule has 1 aromatic carbocycles. The summed E-state index contributed by atoms with van der Waals surface area (Å²) in [5.74, 6) is -0.434. The summed E-state index contributed by atoms with van der Waals surface area (Å²) in [5.41, 5.74) is 2.76. The van der Waals surface area contributed by atoms with E-state index in [0.717, 1.165) is 6.54 Å². The van der Waals surface area contributed by atoms with Crippen molar-refractivity contribution in [2.45, 2.75) is 64.9 Å². The Morgan fingerprint density at radius 2 is 2.00 bits per heavy atom. The van der Waals surface area contributed by atoms with Crippen LogP contribution < -0.4 is 5.32 Å². The van der Waals surface area contributed by atoms with Gasteiger partial charge in [0.2, 0.25) is 0 Å². The van der Waals surface area contributed by atoms with Crippen LogP contribution in [0.1, 0.15) is 57.7 Å². The maximum Gasteiger partial charge on any atom is 0.163 e. The van der Waals surface area contributed by atoms with Gasteiger partial charge in [0, 0.05) is 12.6 Å². The first-order chi connectivity index (χ1) is 10.00. The number of nitrogens with one attached hydrogen (secondary N) is 1. The normalized spacial score (nSPS) is 22.4. The summed E-state index contributed by atoms with van der Waals surface area (Å²) in [5, 5.41) is 3.54. The molecule has 1 aromatic rings. The highest BCUT2D eigenvalue weighted by Crippen LogP contribution is 2.22. The largest absolute Gasteiger partial charge is 0.348 e. The standard InChI is InChI=1S/C18H29NO2/c1-5-6-7-15-8-10-16(11-9-15)14(2)19-12-17-13-20-18(3,4)21-17/h8-11,14,17,19H,5-7,12-13H2,1-4H3. The van der Waals surface area contributed by atoms with Crippen LogP contribution in [0.25, 0.3) is 0 Å². The SMILES string of the molecule is CCCCc1ccc(C(C)NCC2COC(C)(C)O2)cc1. The summed E-state index contributed by atoms with van der Waals surface area (Å²) in [6.45, 7) is 9.85. The lowest BCUT2D eigenvalue weighted by molar-refractivity contribution is -0.137. The van der Waals surface area contributed by atoms with Gasteiger partial charge in [0.15, 0.2) is 5.79 Å². The molecule has 2 rings (SSSR count). The minimum atomic E-state index is -0.434. The number of rotatable bonds is 7. The maximum absolute atomic E-state index is 5.81. The molecule has 1 heterocycles. The van der Waals surface area contributed by atoms with Crippen molar-refractivity contribution in [3.8, 4) is 0 Å². The zero-order valence-electron chi connectivity index (χ0n) is 13.8. The second-order valence-electron chi connectivity index (χ2n) is 6.43. The molecule has 2 atom stereocenters. The fourth-order valence-electron chi connectivity index (χ4n) is 2.64. The topological polar surface area (TPSA) is 30.5 Å². The first-order valence-corrected chi connectivity index (χ1v) is 8.14. The van der Waals surface area contributed by atoms with E-state index in [1.807, 2.05) is 13.8 Å². The van der Waals surface area contributed by atoms with Crippen LogP contribution in [0.3, 0.4) is 0 Å². The van der Waals surface area contributed by atoms with Gasteiger partial charge in [-0.05, 0) is 44.7 Å². The molecule has 1 aliphatic heterocycles. The van der Waals surface area contributed by atoms with Crippen molar-refractivity contribution in [2.75, 3.05) is 13.2 Å². The Kier molecular flexibility index (Phi) is 5.80. The van der Waals surface area contributed by atoms with Gasteiger partial charge in [-0.1, -0.05) is 37.6 Å². The van der Waals surface area contributed by atoms with E-state index in [1.165, 1.54) is 30.4 Å². The molecule has 0 aliphatic carbocycles. The second-order valence-corrected chi connectivity index (χ2v) is 6.43. The molecule has 3 nitrogen and oxygen atoms in total. The van der Waals surface area contributed by atoms with E-state index in [-0.39, 0.29) is 6.10 Å². The van der Waals surface area contributed by atoms with Gasteiger partial charge >= 0.3 is 0 Å². The van der Waals surface area contributed by atoms with Crippen molar-refractivity contribution in [1.82, 2.24) is 5.32 Å². The average Bonchev–Trinajstić information content (AvgIpc) is 2.82. The Hall–Kier alpha value is -0.900. The molecule has 0 bridgehead atoms. The maximum atomic E-state index is 5.81. The average molecular weight is 291 g/mol. The van der Waals surface area contributed by atoms with Gasteiger partial charge in [-0.3, -0.25) is 0 Å². The van der Waals surface area contributed by atoms with E-state index in [4.69, 9.17) is 9.47 Å². The van der Waals surface area contributed by atoms with Crippen molar-refractivity contribution >= 4 is 0 Å². The van der Waals surface area contributed by atoms with Gasteiger partial charge in [-0.2, -0.15) is 0 Å². The number of hydrogen-bond acceptors (Lipinski definition) is 3. The summed E-state index contributed by atoms with van der Waals surface area (Å²) in [4.78, 5) is 0. The third kappa shape index (κ3) is 5.10. The lowest BCUT2D eigenvalue weighted by Crippen LogP contribution is -2.32. The van der Waals surface area contributed by atoms with E-state index in [2.05, 4.69) is 43.4 Å². The third-order valence-electron chi connectivity index (χ3n) is 4.02. The predicted molar refractivity (Wildman–Crippen MR) is 86.4 cm³/mol. The molecular formula is C18H29NO2. The first-order valence-electron chi connectivity index (χ1n) is 8.14. The Balaban J connectivity index is 1.79. The second kappa shape index (κ2) is 7.39. The van der Waals surface area contributed by atoms with Crippen molar-refractivity contribution in [1.29, 1.82) is 0 Å². The van der Waals surface area contributed by atoms with E-state index < -0.39 is 5.79 Å². The van der Waals surface area contributed by atoms with E-state index in [9.17, 15) is 0 Å².